The Balaban J connectivity index is 2.42. The largest absolute Gasteiger partial charge is 0.491 e. The van der Waals surface area contributed by atoms with E-state index in [9.17, 15) is 9.50 Å². The van der Waals surface area contributed by atoms with Crippen LogP contribution < -0.4 is 15.4 Å². The zero-order valence-electron chi connectivity index (χ0n) is 13.9. The predicted octanol–water partition coefficient (Wildman–Crippen LogP) is 1.16. The number of aliphatic hydroxyl groups is 1. The minimum absolute atomic E-state index is 0.0855. The van der Waals surface area contributed by atoms with Crippen LogP contribution in [0.15, 0.2) is 29.3 Å². The molecule has 0 aliphatic heterocycles. The molecule has 1 aromatic carbocycles. The van der Waals surface area contributed by atoms with Crippen LogP contribution in [0.3, 0.4) is 0 Å². The molecule has 0 aliphatic carbocycles. The van der Waals surface area contributed by atoms with Crippen LogP contribution in [-0.2, 0) is 4.74 Å². The Bertz CT molecular complexity index is 468. The molecule has 0 bridgehead atoms. The number of aliphatic imine (C=N–C) groups is 1. The van der Waals surface area contributed by atoms with E-state index in [0.29, 0.717) is 24.9 Å². The number of aliphatic hydroxyl groups excluding tert-OH is 1. The molecule has 1 rings (SSSR count). The summed E-state index contributed by atoms with van der Waals surface area (Å²) in [5.41, 5.74) is 0. The molecule has 0 radical (unpaired) electrons. The molecule has 6 nitrogen and oxygen atoms in total. The average molecular weight is 327 g/mol. The molecule has 0 aliphatic rings. The highest BCUT2D eigenvalue weighted by Gasteiger charge is 2.08. The molecule has 0 saturated carbocycles. The van der Waals surface area contributed by atoms with Gasteiger partial charge in [0.25, 0.3) is 0 Å². The van der Waals surface area contributed by atoms with Crippen molar-refractivity contribution in [1.29, 1.82) is 0 Å². The number of hydrogen-bond donors (Lipinski definition) is 3. The van der Waals surface area contributed by atoms with E-state index in [4.69, 9.17) is 9.47 Å². The summed E-state index contributed by atoms with van der Waals surface area (Å²) in [5, 5.41) is 16.2. The Labute approximate surface area is 136 Å². The van der Waals surface area contributed by atoms with Crippen LogP contribution in [0, 0.1) is 5.82 Å². The van der Waals surface area contributed by atoms with E-state index in [-0.39, 0.29) is 25.0 Å². The quantitative estimate of drug-likeness (QED) is 0.469. The fourth-order valence-corrected chi connectivity index (χ4v) is 1.82. The molecule has 1 aromatic rings. The number of guanidine groups is 1. The van der Waals surface area contributed by atoms with Crippen molar-refractivity contribution < 1.29 is 19.0 Å². The molecular weight excluding hydrogens is 301 g/mol. The lowest BCUT2D eigenvalue weighted by molar-refractivity contribution is 0.114. The van der Waals surface area contributed by atoms with Gasteiger partial charge in [-0.2, -0.15) is 0 Å². The van der Waals surface area contributed by atoms with Gasteiger partial charge < -0.3 is 25.2 Å². The Morgan fingerprint density at radius 2 is 2.00 bits per heavy atom. The van der Waals surface area contributed by atoms with Crippen molar-refractivity contribution in [2.24, 2.45) is 4.99 Å². The van der Waals surface area contributed by atoms with E-state index in [1.807, 2.05) is 13.8 Å². The van der Waals surface area contributed by atoms with E-state index >= 15 is 0 Å². The van der Waals surface area contributed by atoms with Crippen LogP contribution in [0.4, 0.5) is 4.39 Å². The molecular formula is C16H26FN3O3. The zero-order chi connectivity index (χ0) is 17.1. The fraction of sp³-hybridized carbons (Fsp3) is 0.562. The summed E-state index contributed by atoms with van der Waals surface area (Å²) in [7, 11) is 1.64. The smallest absolute Gasteiger partial charge is 0.191 e. The van der Waals surface area contributed by atoms with E-state index in [1.165, 1.54) is 24.3 Å². The highest BCUT2D eigenvalue weighted by molar-refractivity contribution is 5.80. The molecule has 130 valence electrons. The molecule has 0 aromatic heterocycles. The fourth-order valence-electron chi connectivity index (χ4n) is 1.82. The lowest BCUT2D eigenvalue weighted by atomic mass is 10.3. The summed E-state index contributed by atoms with van der Waals surface area (Å²) in [6.07, 6.45) is -0.756. The van der Waals surface area contributed by atoms with Gasteiger partial charge in [-0.25, -0.2) is 4.39 Å². The Morgan fingerprint density at radius 3 is 2.61 bits per heavy atom. The summed E-state index contributed by atoms with van der Waals surface area (Å²) >= 11 is 0. The van der Waals surface area contributed by atoms with Gasteiger partial charge in [-0.15, -0.1) is 0 Å². The summed E-state index contributed by atoms with van der Waals surface area (Å²) in [6.45, 7) is 5.49. The molecule has 0 heterocycles. The first-order chi connectivity index (χ1) is 11.0. The molecule has 0 fully saturated rings. The Hall–Kier alpha value is -1.86. The SMILES string of the molecule is CCNC(=NCC(O)COc1ccc(F)cc1)NC(C)COC. The number of rotatable bonds is 9. The van der Waals surface area contributed by atoms with Crippen LogP contribution in [0.1, 0.15) is 13.8 Å². The van der Waals surface area contributed by atoms with Crippen molar-refractivity contribution in [2.75, 3.05) is 33.4 Å². The maximum atomic E-state index is 12.8. The normalized spacial score (nSPS) is 14.2. The molecule has 7 heteroatoms. The van der Waals surface area contributed by atoms with Crippen LogP contribution in [0.2, 0.25) is 0 Å². The third-order valence-corrected chi connectivity index (χ3v) is 2.86. The van der Waals surface area contributed by atoms with Gasteiger partial charge in [0.15, 0.2) is 5.96 Å². The molecule has 23 heavy (non-hydrogen) atoms. The summed E-state index contributed by atoms with van der Waals surface area (Å²) in [6, 6.07) is 5.76. The number of benzene rings is 1. The van der Waals surface area contributed by atoms with Gasteiger partial charge in [-0.1, -0.05) is 0 Å². The van der Waals surface area contributed by atoms with E-state index in [2.05, 4.69) is 15.6 Å². The third-order valence-electron chi connectivity index (χ3n) is 2.86. The zero-order valence-corrected chi connectivity index (χ0v) is 13.9. The van der Waals surface area contributed by atoms with Crippen LogP contribution in [-0.4, -0.2) is 56.6 Å². The van der Waals surface area contributed by atoms with Crippen LogP contribution in [0.25, 0.3) is 0 Å². The lowest BCUT2D eigenvalue weighted by Gasteiger charge is -2.17. The van der Waals surface area contributed by atoms with Crippen molar-refractivity contribution >= 4 is 5.96 Å². The third kappa shape index (κ3) is 8.37. The number of halogens is 1. The highest BCUT2D eigenvalue weighted by atomic mass is 19.1. The Morgan fingerprint density at radius 1 is 1.30 bits per heavy atom. The second kappa shape index (κ2) is 10.8. The van der Waals surface area contributed by atoms with Crippen molar-refractivity contribution in [3.8, 4) is 5.75 Å². The number of methoxy groups -OCH3 is 1. The van der Waals surface area contributed by atoms with Crippen LogP contribution >= 0.6 is 0 Å². The summed E-state index contributed by atoms with van der Waals surface area (Å²) in [5.74, 6) is 0.792. The Kier molecular flexibility index (Phi) is 9.01. The highest BCUT2D eigenvalue weighted by Crippen LogP contribution is 2.11. The lowest BCUT2D eigenvalue weighted by Crippen LogP contribution is -2.44. The van der Waals surface area contributed by atoms with Gasteiger partial charge >= 0.3 is 0 Å². The molecule has 3 N–H and O–H groups in total. The van der Waals surface area contributed by atoms with Gasteiger partial charge in [0.1, 0.15) is 24.3 Å². The van der Waals surface area contributed by atoms with Gasteiger partial charge in [0.2, 0.25) is 0 Å². The number of nitrogens with zero attached hydrogens (tertiary/aromatic N) is 1. The topological polar surface area (TPSA) is 75.1 Å². The maximum Gasteiger partial charge on any atom is 0.191 e. The van der Waals surface area contributed by atoms with Gasteiger partial charge in [-0.05, 0) is 38.1 Å². The van der Waals surface area contributed by atoms with E-state index < -0.39 is 6.10 Å². The van der Waals surface area contributed by atoms with Crippen LogP contribution in [0.5, 0.6) is 5.75 Å². The van der Waals surface area contributed by atoms with Crippen molar-refractivity contribution in [3.63, 3.8) is 0 Å². The molecule has 0 spiro atoms. The van der Waals surface area contributed by atoms with Gasteiger partial charge in [-0.3, -0.25) is 4.99 Å². The summed E-state index contributed by atoms with van der Waals surface area (Å²) < 4.78 is 23.2. The van der Waals surface area contributed by atoms with E-state index in [1.54, 1.807) is 7.11 Å². The van der Waals surface area contributed by atoms with Crippen molar-refractivity contribution in [3.05, 3.63) is 30.1 Å². The number of ether oxygens (including phenoxy) is 2. The molecule has 0 amide bonds. The molecule has 0 saturated heterocycles. The predicted molar refractivity (Wildman–Crippen MR) is 88.4 cm³/mol. The van der Waals surface area contributed by atoms with Gasteiger partial charge in [0, 0.05) is 19.7 Å². The molecule has 2 atom stereocenters. The van der Waals surface area contributed by atoms with Crippen molar-refractivity contribution in [1.82, 2.24) is 10.6 Å². The monoisotopic (exact) mass is 327 g/mol. The van der Waals surface area contributed by atoms with Gasteiger partial charge in [0.05, 0.1) is 13.2 Å². The van der Waals surface area contributed by atoms with E-state index in [0.717, 1.165) is 0 Å². The standard InChI is InChI=1S/C16H26FN3O3/c1-4-18-16(20-12(2)10-22-3)19-9-14(21)11-23-15-7-5-13(17)6-8-15/h5-8,12,14,21H,4,9-11H2,1-3H3,(H2,18,19,20). The second-order valence-electron chi connectivity index (χ2n) is 5.14. The number of hydrogen-bond acceptors (Lipinski definition) is 4. The first kappa shape index (κ1) is 19.2. The average Bonchev–Trinajstić information content (AvgIpc) is 2.52. The minimum Gasteiger partial charge on any atom is -0.491 e. The minimum atomic E-state index is -0.756. The first-order valence-corrected chi connectivity index (χ1v) is 7.65. The summed E-state index contributed by atoms with van der Waals surface area (Å²) in [4.78, 5) is 4.31. The molecule has 2 unspecified atom stereocenters. The second-order valence-corrected chi connectivity index (χ2v) is 5.14. The number of nitrogens with one attached hydrogen (secondary N) is 2. The van der Waals surface area contributed by atoms with Crippen molar-refractivity contribution in [2.45, 2.75) is 26.0 Å². The first-order valence-electron chi connectivity index (χ1n) is 7.65. The maximum absolute atomic E-state index is 12.8.